The molecule has 2 rings (SSSR count). The van der Waals surface area contributed by atoms with E-state index in [1.54, 1.807) is 4.90 Å². The van der Waals surface area contributed by atoms with Gasteiger partial charge in [-0.3, -0.25) is 0 Å². The van der Waals surface area contributed by atoms with Crippen LogP contribution >= 0.6 is 0 Å². The first-order valence-electron chi connectivity index (χ1n) is 6.99. The summed E-state index contributed by atoms with van der Waals surface area (Å²) in [7, 11) is 1.83. The molecule has 0 unspecified atom stereocenters. The third-order valence-corrected chi connectivity index (χ3v) is 3.96. The second-order valence-corrected chi connectivity index (χ2v) is 5.35. The van der Waals surface area contributed by atoms with Crippen LogP contribution in [-0.2, 0) is 6.42 Å². The summed E-state index contributed by atoms with van der Waals surface area (Å²) in [5, 5.41) is 8.70. The minimum Gasteiger partial charge on any atom is -0.313 e. The number of nitrogens with zero attached hydrogens (tertiary/aromatic N) is 2. The van der Waals surface area contributed by atoms with Crippen LogP contribution in [0.2, 0.25) is 0 Å². The highest BCUT2D eigenvalue weighted by Gasteiger charge is 2.14. The van der Waals surface area contributed by atoms with Crippen LogP contribution in [0.4, 0.5) is 0 Å². The molecule has 0 aromatic heterocycles. The first kappa shape index (κ1) is 13.0. The number of likely N-dealkylation sites (N-methyl/N-ethyl adjacent to an activating group) is 1. The second kappa shape index (κ2) is 6.44. The van der Waals surface area contributed by atoms with Crippen LogP contribution in [0, 0.1) is 11.5 Å². The van der Waals surface area contributed by atoms with Gasteiger partial charge < -0.3 is 4.90 Å². The van der Waals surface area contributed by atoms with E-state index in [0.717, 1.165) is 18.9 Å². The fourth-order valence-corrected chi connectivity index (χ4v) is 2.74. The highest BCUT2D eigenvalue weighted by atomic mass is 15.1. The standard InChI is InChI=1S/C16H22N2/c1-18(13-17)12-11-14-7-9-16(10-8-14)15-5-3-2-4-6-15/h7-10,15H,2-6,11-12H2,1H3. The third kappa shape index (κ3) is 3.50. The molecule has 1 aliphatic carbocycles. The Kier molecular flexibility index (Phi) is 4.64. The topological polar surface area (TPSA) is 27.0 Å². The lowest BCUT2D eigenvalue weighted by Gasteiger charge is -2.22. The van der Waals surface area contributed by atoms with Gasteiger partial charge in [-0.25, -0.2) is 0 Å². The number of hydrogen-bond donors (Lipinski definition) is 0. The Hall–Kier alpha value is -1.49. The minimum atomic E-state index is 0.787. The van der Waals surface area contributed by atoms with Gasteiger partial charge in [0.1, 0.15) is 0 Å². The van der Waals surface area contributed by atoms with Gasteiger partial charge in [-0.15, -0.1) is 0 Å². The van der Waals surface area contributed by atoms with E-state index < -0.39 is 0 Å². The number of hydrogen-bond acceptors (Lipinski definition) is 2. The van der Waals surface area contributed by atoms with Crippen molar-refractivity contribution in [1.82, 2.24) is 4.90 Å². The van der Waals surface area contributed by atoms with E-state index in [2.05, 4.69) is 30.5 Å². The fourth-order valence-electron chi connectivity index (χ4n) is 2.74. The summed E-state index contributed by atoms with van der Waals surface area (Å²) < 4.78 is 0. The Morgan fingerprint density at radius 1 is 1.17 bits per heavy atom. The monoisotopic (exact) mass is 242 g/mol. The van der Waals surface area contributed by atoms with Gasteiger partial charge in [0.25, 0.3) is 0 Å². The molecule has 2 nitrogen and oxygen atoms in total. The normalized spacial score (nSPS) is 16.2. The Bertz CT molecular complexity index is 396. The maximum Gasteiger partial charge on any atom is 0.179 e. The van der Waals surface area contributed by atoms with Gasteiger partial charge in [-0.05, 0) is 36.3 Å². The third-order valence-electron chi connectivity index (χ3n) is 3.96. The summed E-state index contributed by atoms with van der Waals surface area (Å²) in [5.41, 5.74) is 2.84. The SMILES string of the molecule is CN(C#N)CCc1ccc(C2CCCCC2)cc1. The van der Waals surface area contributed by atoms with E-state index in [0.29, 0.717) is 0 Å². The molecule has 1 aromatic carbocycles. The maximum atomic E-state index is 8.70. The van der Waals surface area contributed by atoms with Gasteiger partial charge in [0.05, 0.1) is 0 Å². The van der Waals surface area contributed by atoms with Crippen LogP contribution in [0.25, 0.3) is 0 Å². The number of rotatable bonds is 4. The molecular weight excluding hydrogens is 220 g/mol. The zero-order chi connectivity index (χ0) is 12.8. The minimum absolute atomic E-state index is 0.787. The van der Waals surface area contributed by atoms with Crippen LogP contribution in [-0.4, -0.2) is 18.5 Å². The molecule has 1 saturated carbocycles. The van der Waals surface area contributed by atoms with Crippen LogP contribution in [0.3, 0.4) is 0 Å². The van der Waals surface area contributed by atoms with Gasteiger partial charge >= 0.3 is 0 Å². The molecule has 2 heteroatoms. The molecular formula is C16H22N2. The number of benzene rings is 1. The van der Waals surface area contributed by atoms with Crippen molar-refractivity contribution < 1.29 is 0 Å². The molecule has 0 bridgehead atoms. The summed E-state index contributed by atoms with van der Waals surface area (Å²) in [6.07, 6.45) is 9.99. The molecule has 1 aromatic rings. The maximum absolute atomic E-state index is 8.70. The molecule has 0 heterocycles. The largest absolute Gasteiger partial charge is 0.313 e. The molecule has 0 spiro atoms. The highest BCUT2D eigenvalue weighted by molar-refractivity contribution is 5.26. The van der Waals surface area contributed by atoms with Gasteiger partial charge in [0, 0.05) is 13.6 Å². The van der Waals surface area contributed by atoms with Crippen molar-refractivity contribution in [3.63, 3.8) is 0 Å². The van der Waals surface area contributed by atoms with Crippen molar-refractivity contribution in [3.8, 4) is 6.19 Å². The van der Waals surface area contributed by atoms with E-state index in [-0.39, 0.29) is 0 Å². The van der Waals surface area contributed by atoms with Gasteiger partial charge in [0.15, 0.2) is 6.19 Å². The van der Waals surface area contributed by atoms with Crippen molar-refractivity contribution in [2.75, 3.05) is 13.6 Å². The van der Waals surface area contributed by atoms with E-state index in [1.807, 2.05) is 7.05 Å². The van der Waals surface area contributed by atoms with Gasteiger partial charge in [0.2, 0.25) is 0 Å². The molecule has 1 aliphatic rings. The zero-order valence-corrected chi connectivity index (χ0v) is 11.2. The lowest BCUT2D eigenvalue weighted by Crippen LogP contribution is -2.14. The van der Waals surface area contributed by atoms with E-state index in [4.69, 9.17) is 5.26 Å². The first-order chi connectivity index (χ1) is 8.79. The predicted octanol–water partition coefficient (Wildman–Crippen LogP) is 3.69. The second-order valence-electron chi connectivity index (χ2n) is 5.35. The lowest BCUT2D eigenvalue weighted by molar-refractivity contribution is 0.443. The summed E-state index contributed by atoms with van der Waals surface area (Å²) >= 11 is 0. The van der Waals surface area contributed by atoms with E-state index in [9.17, 15) is 0 Å². The summed E-state index contributed by atoms with van der Waals surface area (Å²) in [6.45, 7) is 0.805. The average molecular weight is 242 g/mol. The Morgan fingerprint density at radius 2 is 1.83 bits per heavy atom. The Balaban J connectivity index is 1.90. The molecule has 0 radical (unpaired) electrons. The lowest BCUT2D eigenvalue weighted by atomic mass is 9.84. The van der Waals surface area contributed by atoms with Crippen molar-refractivity contribution in [2.45, 2.75) is 44.4 Å². The zero-order valence-electron chi connectivity index (χ0n) is 11.2. The molecule has 0 N–H and O–H groups in total. The average Bonchev–Trinajstić information content (AvgIpc) is 2.46. The van der Waals surface area contributed by atoms with Crippen molar-refractivity contribution in [1.29, 1.82) is 5.26 Å². The fraction of sp³-hybridized carbons (Fsp3) is 0.562. The van der Waals surface area contributed by atoms with Crippen LogP contribution in [0.1, 0.15) is 49.1 Å². The van der Waals surface area contributed by atoms with Gasteiger partial charge in [-0.1, -0.05) is 43.5 Å². The van der Waals surface area contributed by atoms with Crippen molar-refractivity contribution >= 4 is 0 Å². The Morgan fingerprint density at radius 3 is 2.44 bits per heavy atom. The van der Waals surface area contributed by atoms with Crippen molar-refractivity contribution in [3.05, 3.63) is 35.4 Å². The molecule has 0 atom stereocenters. The summed E-state index contributed by atoms with van der Waals surface area (Å²) in [6, 6.07) is 9.04. The van der Waals surface area contributed by atoms with E-state index in [1.165, 1.54) is 43.2 Å². The highest BCUT2D eigenvalue weighted by Crippen LogP contribution is 2.32. The molecule has 0 aliphatic heterocycles. The van der Waals surface area contributed by atoms with Crippen molar-refractivity contribution in [2.24, 2.45) is 0 Å². The summed E-state index contributed by atoms with van der Waals surface area (Å²) in [4.78, 5) is 1.68. The number of nitriles is 1. The molecule has 1 fully saturated rings. The predicted molar refractivity (Wildman–Crippen MR) is 74.2 cm³/mol. The summed E-state index contributed by atoms with van der Waals surface area (Å²) in [5.74, 6) is 0.787. The van der Waals surface area contributed by atoms with Gasteiger partial charge in [-0.2, -0.15) is 5.26 Å². The van der Waals surface area contributed by atoms with E-state index >= 15 is 0 Å². The Labute approximate surface area is 110 Å². The van der Waals surface area contributed by atoms with Crippen LogP contribution < -0.4 is 0 Å². The first-order valence-corrected chi connectivity index (χ1v) is 6.99. The molecule has 0 amide bonds. The molecule has 18 heavy (non-hydrogen) atoms. The molecule has 0 saturated heterocycles. The van der Waals surface area contributed by atoms with Crippen LogP contribution in [0.15, 0.2) is 24.3 Å². The molecule has 96 valence electrons. The quantitative estimate of drug-likeness (QED) is 0.594. The smallest absolute Gasteiger partial charge is 0.179 e. The van der Waals surface area contributed by atoms with Crippen LogP contribution in [0.5, 0.6) is 0 Å².